The molecule has 0 saturated carbocycles. The summed E-state index contributed by atoms with van der Waals surface area (Å²) in [6.45, 7) is 3.94. The van der Waals surface area contributed by atoms with Gasteiger partial charge < -0.3 is 10.3 Å². The molecule has 0 bridgehead atoms. The molecule has 0 saturated heterocycles. The second-order valence-corrected chi connectivity index (χ2v) is 9.70. The quantitative estimate of drug-likeness (QED) is 0.215. The second-order valence-electron chi connectivity index (χ2n) is 9.27. The number of hydrogen-bond donors (Lipinski definition) is 2. The van der Waals surface area contributed by atoms with Crippen LogP contribution in [-0.4, -0.2) is 15.0 Å². The van der Waals surface area contributed by atoms with Gasteiger partial charge in [-0.25, -0.2) is 9.37 Å². The van der Waals surface area contributed by atoms with E-state index in [1.54, 1.807) is 12.1 Å². The van der Waals surface area contributed by atoms with Crippen molar-refractivity contribution in [1.82, 2.24) is 15.0 Å². The fraction of sp³-hybridized carbons (Fsp3) is 0.172. The van der Waals surface area contributed by atoms with Gasteiger partial charge in [0.05, 0.1) is 27.3 Å². The topological polar surface area (TPSA) is 53.6 Å². The third kappa shape index (κ3) is 4.96. The average molecular weight is 539 g/mol. The Bertz CT molecular complexity index is 1600. The van der Waals surface area contributed by atoms with Crippen molar-refractivity contribution in [3.8, 4) is 0 Å². The highest BCUT2D eigenvalue weighted by molar-refractivity contribution is 6.30. The van der Waals surface area contributed by atoms with Crippen molar-refractivity contribution in [3.05, 3.63) is 123 Å². The van der Waals surface area contributed by atoms with Crippen molar-refractivity contribution in [2.75, 3.05) is 5.32 Å². The van der Waals surface area contributed by atoms with Gasteiger partial charge in [-0.05, 0) is 72.5 Å². The van der Waals surface area contributed by atoms with E-state index in [1.165, 1.54) is 6.20 Å². The first-order valence-electron chi connectivity index (χ1n) is 11.8. The van der Waals surface area contributed by atoms with Gasteiger partial charge in [0, 0.05) is 12.6 Å². The van der Waals surface area contributed by atoms with Crippen molar-refractivity contribution in [2.24, 2.45) is 0 Å². The maximum Gasteiger partial charge on any atom is 0.416 e. The summed E-state index contributed by atoms with van der Waals surface area (Å²) in [4.78, 5) is 12.4. The van der Waals surface area contributed by atoms with Crippen LogP contribution in [0.25, 0.3) is 11.0 Å². The molecule has 2 aromatic heterocycles. The number of imidazole rings is 1. The molecule has 2 heterocycles. The van der Waals surface area contributed by atoms with Crippen LogP contribution >= 0.6 is 11.6 Å². The van der Waals surface area contributed by atoms with E-state index in [0.29, 0.717) is 28.2 Å². The summed E-state index contributed by atoms with van der Waals surface area (Å²) in [6, 6.07) is 18.8. The van der Waals surface area contributed by atoms with Gasteiger partial charge in [-0.2, -0.15) is 13.2 Å². The van der Waals surface area contributed by atoms with E-state index in [2.05, 4.69) is 20.3 Å². The van der Waals surface area contributed by atoms with Crippen LogP contribution in [0.3, 0.4) is 0 Å². The lowest BCUT2D eigenvalue weighted by atomic mass is 9.80. The van der Waals surface area contributed by atoms with Crippen molar-refractivity contribution in [2.45, 2.75) is 32.0 Å². The molecular formula is C29H23ClF4N4. The van der Waals surface area contributed by atoms with E-state index in [1.807, 2.05) is 56.3 Å². The van der Waals surface area contributed by atoms with Crippen molar-refractivity contribution in [1.29, 1.82) is 0 Å². The zero-order valence-corrected chi connectivity index (χ0v) is 21.3. The largest absolute Gasteiger partial charge is 0.416 e. The first-order chi connectivity index (χ1) is 18.0. The average Bonchev–Trinajstić information content (AvgIpc) is 3.29. The Hall–Kier alpha value is -3.91. The van der Waals surface area contributed by atoms with Gasteiger partial charge in [-0.1, -0.05) is 48.0 Å². The fourth-order valence-electron chi connectivity index (χ4n) is 4.63. The van der Waals surface area contributed by atoms with Gasteiger partial charge in [-0.3, -0.25) is 4.98 Å². The van der Waals surface area contributed by atoms with E-state index in [0.717, 1.165) is 34.3 Å². The number of anilines is 1. The first-order valence-corrected chi connectivity index (χ1v) is 12.2. The minimum absolute atomic E-state index is 0.0388. The number of rotatable bonds is 6. The third-order valence-electron chi connectivity index (χ3n) is 6.72. The van der Waals surface area contributed by atoms with E-state index in [-0.39, 0.29) is 12.0 Å². The van der Waals surface area contributed by atoms with Crippen LogP contribution in [-0.2, 0) is 18.1 Å². The fourth-order valence-corrected chi connectivity index (χ4v) is 4.74. The number of benzene rings is 3. The maximum atomic E-state index is 14.8. The first kappa shape index (κ1) is 25.7. The lowest BCUT2D eigenvalue weighted by molar-refractivity contribution is -0.137. The van der Waals surface area contributed by atoms with Crippen molar-refractivity contribution < 1.29 is 17.6 Å². The Balaban J connectivity index is 1.79. The van der Waals surface area contributed by atoms with Crippen LogP contribution in [0.4, 0.5) is 23.5 Å². The zero-order valence-electron chi connectivity index (χ0n) is 20.5. The van der Waals surface area contributed by atoms with Crippen LogP contribution in [0.5, 0.6) is 0 Å². The van der Waals surface area contributed by atoms with E-state index < -0.39 is 23.1 Å². The number of halogens is 5. The predicted molar refractivity (Wildman–Crippen MR) is 141 cm³/mol. The van der Waals surface area contributed by atoms with Crippen LogP contribution in [0, 0.1) is 19.7 Å². The Morgan fingerprint density at radius 1 is 0.921 bits per heavy atom. The normalized spacial score (nSPS) is 13.4. The lowest BCUT2D eigenvalue weighted by Crippen LogP contribution is -2.40. The summed E-state index contributed by atoms with van der Waals surface area (Å²) in [5, 5.41) is 3.68. The smallest absolute Gasteiger partial charge is 0.340 e. The van der Waals surface area contributed by atoms with Crippen LogP contribution in [0.15, 0.2) is 79.0 Å². The summed E-state index contributed by atoms with van der Waals surface area (Å²) in [5.74, 6) is -0.710. The molecule has 5 rings (SSSR count). The number of nitrogens with zero attached hydrogens (tertiary/aromatic N) is 2. The minimum atomic E-state index is -4.75. The summed E-state index contributed by atoms with van der Waals surface area (Å²) in [5.41, 5.74) is 2.15. The Kier molecular flexibility index (Phi) is 6.61. The highest BCUT2D eigenvalue weighted by Gasteiger charge is 2.40. The predicted octanol–water partition coefficient (Wildman–Crippen LogP) is 7.98. The molecule has 4 nitrogen and oxygen atoms in total. The van der Waals surface area contributed by atoms with Gasteiger partial charge in [0.1, 0.15) is 11.4 Å². The molecule has 1 unspecified atom stereocenters. The number of aryl methyl sites for hydroxylation is 2. The number of nitrogens with one attached hydrogen (secondary N) is 2. The number of H-pyrrole nitrogens is 1. The molecule has 9 heteroatoms. The standard InChI is InChI=1S/C29H23ClF4N4/c1-17-8-10-24-26(18(17)2)37-27(36-24)38-28(15-19-6-4-3-5-7-19,25-11-9-22(30)16-35-25)20-12-21(29(32,33)34)14-23(31)13-20/h3-14,16H,15H2,1-2H3,(H2,36,37,38). The summed E-state index contributed by atoms with van der Waals surface area (Å²) in [7, 11) is 0. The number of pyridine rings is 1. The third-order valence-corrected chi connectivity index (χ3v) is 6.94. The highest BCUT2D eigenvalue weighted by atomic mass is 35.5. The van der Waals surface area contributed by atoms with Crippen molar-refractivity contribution >= 4 is 28.6 Å². The molecule has 38 heavy (non-hydrogen) atoms. The molecule has 0 fully saturated rings. The molecule has 1 atom stereocenters. The Morgan fingerprint density at radius 2 is 1.66 bits per heavy atom. The monoisotopic (exact) mass is 538 g/mol. The molecule has 2 N–H and O–H groups in total. The van der Waals surface area contributed by atoms with Gasteiger partial charge in [0.2, 0.25) is 5.95 Å². The molecular weight excluding hydrogens is 516 g/mol. The van der Waals surface area contributed by atoms with Gasteiger partial charge in [-0.15, -0.1) is 0 Å². The number of hydrogen-bond acceptors (Lipinski definition) is 3. The van der Waals surface area contributed by atoms with Crippen LogP contribution in [0.1, 0.15) is 33.5 Å². The Labute approximate surface area is 221 Å². The summed E-state index contributed by atoms with van der Waals surface area (Å²) >= 11 is 6.11. The second kappa shape index (κ2) is 9.76. The maximum absolute atomic E-state index is 14.8. The van der Waals surface area contributed by atoms with E-state index >= 15 is 0 Å². The minimum Gasteiger partial charge on any atom is -0.340 e. The van der Waals surface area contributed by atoms with Crippen LogP contribution in [0.2, 0.25) is 5.02 Å². The van der Waals surface area contributed by atoms with E-state index in [4.69, 9.17) is 11.6 Å². The lowest BCUT2D eigenvalue weighted by Gasteiger charge is -2.36. The molecule has 0 aliphatic heterocycles. The van der Waals surface area contributed by atoms with Crippen LogP contribution < -0.4 is 5.32 Å². The molecule has 3 aromatic carbocycles. The zero-order chi connectivity index (χ0) is 27.1. The summed E-state index contributed by atoms with van der Waals surface area (Å²) in [6.07, 6.45) is -3.20. The number of aromatic nitrogens is 3. The molecule has 0 radical (unpaired) electrons. The van der Waals surface area contributed by atoms with E-state index in [9.17, 15) is 17.6 Å². The summed E-state index contributed by atoms with van der Waals surface area (Å²) < 4.78 is 56.3. The number of fused-ring (bicyclic) bond motifs is 1. The van der Waals surface area contributed by atoms with Gasteiger partial charge in [0.25, 0.3) is 0 Å². The Morgan fingerprint density at radius 3 is 2.34 bits per heavy atom. The number of aromatic amines is 1. The molecule has 194 valence electrons. The molecule has 0 amide bonds. The van der Waals surface area contributed by atoms with Crippen molar-refractivity contribution in [3.63, 3.8) is 0 Å². The molecule has 0 aliphatic carbocycles. The SMILES string of the molecule is Cc1ccc2nc(NC(Cc3ccccc3)(c3cc(F)cc(C(F)(F)F)c3)c3ccc(Cl)cn3)[nH]c2c1C. The highest BCUT2D eigenvalue weighted by Crippen LogP contribution is 2.40. The molecule has 0 aliphatic rings. The number of alkyl halides is 3. The molecule has 0 spiro atoms. The molecule has 5 aromatic rings. The van der Waals surface area contributed by atoms with Gasteiger partial charge >= 0.3 is 6.18 Å². The van der Waals surface area contributed by atoms with Gasteiger partial charge in [0.15, 0.2) is 0 Å².